The zero-order valence-corrected chi connectivity index (χ0v) is 12.5. The zero-order valence-electron chi connectivity index (χ0n) is 9.27. The number of nitrogens with zero attached hydrogens (tertiary/aromatic N) is 1. The molecule has 1 saturated heterocycles. The first-order chi connectivity index (χ1) is 8.30. The van der Waals surface area contributed by atoms with Crippen LogP contribution in [-0.4, -0.2) is 37.6 Å². The van der Waals surface area contributed by atoms with Crippen molar-refractivity contribution >= 4 is 49.1 Å². The van der Waals surface area contributed by atoms with Gasteiger partial charge in [0.1, 0.15) is 4.21 Å². The summed E-state index contributed by atoms with van der Waals surface area (Å²) in [6.07, 6.45) is 0. The van der Waals surface area contributed by atoms with Crippen molar-refractivity contribution in [3.8, 4) is 0 Å². The molecule has 2 heterocycles. The lowest BCUT2D eigenvalue weighted by atomic mass is 10.4. The number of piperazine rings is 1. The number of carbonyl (C=O) groups is 2. The Labute approximate surface area is 116 Å². The molecule has 0 aliphatic carbocycles. The summed E-state index contributed by atoms with van der Waals surface area (Å²) in [5.74, 6) is -1.22. The first-order valence-corrected chi connectivity index (χ1v) is 7.94. The van der Waals surface area contributed by atoms with Gasteiger partial charge in [0.2, 0.25) is 11.8 Å². The average Bonchev–Trinajstić information content (AvgIpc) is 2.58. The van der Waals surface area contributed by atoms with Gasteiger partial charge >= 0.3 is 0 Å². The third-order valence-electron chi connectivity index (χ3n) is 2.35. The smallest absolute Gasteiger partial charge is 0.253 e. The number of halogens is 1. The number of amides is 2. The van der Waals surface area contributed by atoms with Gasteiger partial charge in [-0.15, -0.1) is 11.3 Å². The Morgan fingerprint density at radius 1 is 1.33 bits per heavy atom. The number of hydrogen-bond donors (Lipinski definition) is 1. The van der Waals surface area contributed by atoms with Gasteiger partial charge < -0.3 is 0 Å². The lowest BCUT2D eigenvalue weighted by Gasteiger charge is -2.23. The molecule has 0 atom stereocenters. The molecular formula is C9H9BrN2O4S2. The second-order valence-corrected chi connectivity index (χ2v) is 8.30. The topological polar surface area (TPSA) is 83.6 Å². The second kappa shape index (κ2) is 4.72. The SMILES string of the molecule is Cc1cc(S(=O)(=O)N2CC(=O)NC(=O)C2)sc1Br. The molecule has 6 nitrogen and oxygen atoms in total. The average molecular weight is 353 g/mol. The maximum Gasteiger partial charge on any atom is 0.253 e. The minimum absolute atomic E-state index is 0.120. The molecule has 2 rings (SSSR count). The first-order valence-electron chi connectivity index (χ1n) is 4.89. The van der Waals surface area contributed by atoms with E-state index < -0.39 is 21.8 Å². The maximum absolute atomic E-state index is 12.2. The summed E-state index contributed by atoms with van der Waals surface area (Å²) >= 11 is 4.31. The van der Waals surface area contributed by atoms with Gasteiger partial charge in [-0.1, -0.05) is 0 Å². The summed E-state index contributed by atoms with van der Waals surface area (Å²) in [4.78, 5) is 22.4. The fourth-order valence-corrected chi connectivity index (χ4v) is 5.20. The van der Waals surface area contributed by atoms with Crippen molar-refractivity contribution in [3.63, 3.8) is 0 Å². The third kappa shape index (κ3) is 2.48. The number of carbonyl (C=O) groups excluding carboxylic acids is 2. The summed E-state index contributed by atoms with van der Waals surface area (Å²) in [7, 11) is -3.79. The van der Waals surface area contributed by atoms with Gasteiger partial charge in [-0.25, -0.2) is 8.42 Å². The molecule has 0 aromatic carbocycles. The molecule has 1 aliphatic rings. The predicted octanol–water partition coefficient (Wildman–Crippen LogP) is 0.466. The van der Waals surface area contributed by atoms with Crippen LogP contribution in [0.25, 0.3) is 0 Å². The van der Waals surface area contributed by atoms with E-state index in [9.17, 15) is 18.0 Å². The van der Waals surface area contributed by atoms with Crippen LogP contribution in [0.3, 0.4) is 0 Å². The zero-order chi connectivity index (χ0) is 13.5. The summed E-state index contributed by atoms with van der Waals surface area (Å²) in [5.41, 5.74) is 0.798. The number of thiophene rings is 1. The minimum Gasteiger partial charge on any atom is -0.294 e. The van der Waals surface area contributed by atoms with Crippen molar-refractivity contribution in [2.75, 3.05) is 13.1 Å². The molecule has 1 N–H and O–H groups in total. The van der Waals surface area contributed by atoms with Crippen LogP contribution < -0.4 is 5.32 Å². The van der Waals surface area contributed by atoms with Crippen molar-refractivity contribution in [3.05, 3.63) is 15.4 Å². The summed E-state index contributed by atoms with van der Waals surface area (Å²) in [5, 5.41) is 2.06. The number of nitrogens with one attached hydrogen (secondary N) is 1. The summed E-state index contributed by atoms with van der Waals surface area (Å²) in [6, 6.07) is 1.51. The van der Waals surface area contributed by atoms with Gasteiger partial charge in [0.15, 0.2) is 0 Å². The van der Waals surface area contributed by atoms with E-state index in [1.54, 1.807) is 6.92 Å². The van der Waals surface area contributed by atoms with Gasteiger partial charge in [0.05, 0.1) is 16.9 Å². The quantitative estimate of drug-likeness (QED) is 0.784. The molecule has 0 radical (unpaired) electrons. The van der Waals surface area contributed by atoms with Crippen molar-refractivity contribution in [2.24, 2.45) is 0 Å². The largest absolute Gasteiger partial charge is 0.294 e. The Kier molecular flexibility index (Phi) is 3.58. The van der Waals surface area contributed by atoms with Crippen LogP contribution in [-0.2, 0) is 19.6 Å². The molecule has 0 saturated carbocycles. The highest BCUT2D eigenvalue weighted by Gasteiger charge is 2.34. The van der Waals surface area contributed by atoms with Crippen molar-refractivity contribution in [2.45, 2.75) is 11.1 Å². The van der Waals surface area contributed by atoms with E-state index in [1.807, 2.05) is 0 Å². The second-order valence-electron chi connectivity index (χ2n) is 3.77. The lowest BCUT2D eigenvalue weighted by molar-refractivity contribution is -0.134. The molecule has 1 fully saturated rings. The maximum atomic E-state index is 12.2. The molecule has 1 aromatic heterocycles. The van der Waals surface area contributed by atoms with Gasteiger partial charge in [0, 0.05) is 0 Å². The van der Waals surface area contributed by atoms with Gasteiger partial charge in [0.25, 0.3) is 10.0 Å². The van der Waals surface area contributed by atoms with Crippen LogP contribution in [0, 0.1) is 6.92 Å². The highest BCUT2D eigenvalue weighted by molar-refractivity contribution is 9.11. The van der Waals surface area contributed by atoms with Crippen molar-refractivity contribution < 1.29 is 18.0 Å². The predicted molar refractivity (Wildman–Crippen MR) is 68.7 cm³/mol. The molecule has 0 spiro atoms. The van der Waals surface area contributed by atoms with E-state index in [4.69, 9.17) is 0 Å². The van der Waals surface area contributed by atoms with E-state index in [0.29, 0.717) is 3.79 Å². The van der Waals surface area contributed by atoms with Crippen LogP contribution in [0.2, 0.25) is 0 Å². The number of imide groups is 1. The molecular weight excluding hydrogens is 344 g/mol. The molecule has 0 bridgehead atoms. The van der Waals surface area contributed by atoms with Crippen LogP contribution in [0.4, 0.5) is 0 Å². The van der Waals surface area contributed by atoms with Crippen LogP contribution in [0.15, 0.2) is 14.1 Å². The van der Waals surface area contributed by atoms with Gasteiger partial charge in [-0.2, -0.15) is 4.31 Å². The molecule has 1 aromatic rings. The molecule has 0 unspecified atom stereocenters. The number of hydrogen-bond acceptors (Lipinski definition) is 5. The Bertz CT molecular complexity index is 587. The van der Waals surface area contributed by atoms with Crippen molar-refractivity contribution in [1.82, 2.24) is 9.62 Å². The number of sulfonamides is 1. The number of aryl methyl sites for hydroxylation is 1. The molecule has 18 heavy (non-hydrogen) atoms. The van der Waals surface area contributed by atoms with Crippen molar-refractivity contribution in [1.29, 1.82) is 0 Å². The lowest BCUT2D eigenvalue weighted by Crippen LogP contribution is -2.53. The fourth-order valence-electron chi connectivity index (χ4n) is 1.47. The van der Waals surface area contributed by atoms with E-state index in [2.05, 4.69) is 21.2 Å². The van der Waals surface area contributed by atoms with E-state index in [1.165, 1.54) is 6.07 Å². The molecule has 2 amide bonds. The Balaban J connectivity index is 2.36. The number of rotatable bonds is 2. The van der Waals surface area contributed by atoms with Crippen LogP contribution in [0.5, 0.6) is 0 Å². The first kappa shape index (κ1) is 13.7. The van der Waals surface area contributed by atoms with E-state index >= 15 is 0 Å². The van der Waals surface area contributed by atoms with Crippen LogP contribution >= 0.6 is 27.3 Å². The monoisotopic (exact) mass is 352 g/mol. The van der Waals surface area contributed by atoms with E-state index in [-0.39, 0.29) is 17.3 Å². The molecule has 98 valence electrons. The summed E-state index contributed by atoms with van der Waals surface area (Å²) in [6.45, 7) is 1.11. The minimum atomic E-state index is -3.79. The Hall–Kier alpha value is -0.770. The highest BCUT2D eigenvalue weighted by atomic mass is 79.9. The third-order valence-corrected chi connectivity index (χ3v) is 6.72. The Morgan fingerprint density at radius 2 is 1.89 bits per heavy atom. The molecule has 9 heteroatoms. The Morgan fingerprint density at radius 3 is 2.33 bits per heavy atom. The normalized spacial score (nSPS) is 17.9. The van der Waals surface area contributed by atoms with Gasteiger partial charge in [-0.3, -0.25) is 14.9 Å². The summed E-state index contributed by atoms with van der Waals surface area (Å²) < 4.78 is 26.2. The van der Waals surface area contributed by atoms with E-state index in [0.717, 1.165) is 21.2 Å². The fraction of sp³-hybridized carbons (Fsp3) is 0.333. The van der Waals surface area contributed by atoms with Gasteiger partial charge in [-0.05, 0) is 34.5 Å². The highest BCUT2D eigenvalue weighted by Crippen LogP contribution is 2.32. The van der Waals surface area contributed by atoms with Crippen LogP contribution in [0.1, 0.15) is 5.56 Å². The standard InChI is InChI=1S/C9H9BrN2O4S2/c1-5-2-8(17-9(5)10)18(15,16)12-3-6(13)11-7(14)4-12/h2H,3-4H2,1H3,(H,11,13,14). The molecule has 1 aliphatic heterocycles.